The van der Waals surface area contributed by atoms with Crippen LogP contribution < -0.4 is 4.74 Å². The van der Waals surface area contributed by atoms with Crippen molar-refractivity contribution in [3.63, 3.8) is 0 Å². The summed E-state index contributed by atoms with van der Waals surface area (Å²) < 4.78 is 25.2. The molecule has 0 aliphatic heterocycles. The number of nitrogens with zero attached hydrogens (tertiary/aromatic N) is 1. The Hall–Kier alpha value is -2.01. The van der Waals surface area contributed by atoms with Crippen LogP contribution in [0.3, 0.4) is 0 Å². The molecule has 0 aliphatic carbocycles. The molecule has 1 aromatic carbocycles. The van der Waals surface area contributed by atoms with E-state index in [1.54, 1.807) is 13.8 Å². The number of carbonyl (C=O) groups is 1. The van der Waals surface area contributed by atoms with E-state index >= 15 is 0 Å². The van der Waals surface area contributed by atoms with Crippen LogP contribution in [-0.2, 0) is 14.9 Å². The highest BCUT2D eigenvalue weighted by Gasteiger charge is 2.21. The second-order valence-electron chi connectivity index (χ2n) is 6.87. The Morgan fingerprint density at radius 3 is 2.50 bits per heavy atom. The Balaban J connectivity index is 2.64. The fourth-order valence-electron chi connectivity index (χ4n) is 2.40. The standard InChI is InChI=1S/C19H24FNO3/c1-7-23-10-16(22)24-18-11(2)12(3)21-17-14(18)8-13(9-15(17)20)19(4,5)6/h8-9H,7,10H2,1-6H3. The summed E-state index contributed by atoms with van der Waals surface area (Å²) in [6.45, 7) is 11.7. The fourth-order valence-corrected chi connectivity index (χ4v) is 2.40. The summed E-state index contributed by atoms with van der Waals surface area (Å²) in [5.74, 6) is -0.566. The molecule has 5 heteroatoms. The summed E-state index contributed by atoms with van der Waals surface area (Å²) in [6.07, 6.45) is 0. The van der Waals surface area contributed by atoms with Crippen LogP contribution in [0, 0.1) is 19.7 Å². The lowest BCUT2D eigenvalue weighted by Gasteiger charge is -2.21. The van der Waals surface area contributed by atoms with Crippen molar-refractivity contribution in [2.24, 2.45) is 0 Å². The molecule has 0 aliphatic rings. The van der Waals surface area contributed by atoms with E-state index in [9.17, 15) is 9.18 Å². The van der Waals surface area contributed by atoms with Gasteiger partial charge in [-0.3, -0.25) is 0 Å². The molecule has 0 saturated carbocycles. The minimum atomic E-state index is -0.506. The normalized spacial score (nSPS) is 11.8. The zero-order valence-electron chi connectivity index (χ0n) is 15.1. The Morgan fingerprint density at radius 1 is 1.25 bits per heavy atom. The van der Waals surface area contributed by atoms with E-state index in [0.29, 0.717) is 23.4 Å². The number of hydrogen-bond donors (Lipinski definition) is 0. The van der Waals surface area contributed by atoms with Gasteiger partial charge in [0.25, 0.3) is 0 Å². The zero-order valence-corrected chi connectivity index (χ0v) is 15.1. The van der Waals surface area contributed by atoms with E-state index in [1.807, 2.05) is 33.8 Å². The minimum Gasteiger partial charge on any atom is -0.424 e. The predicted octanol–water partition coefficient (Wildman–Crippen LogP) is 4.23. The molecular weight excluding hydrogens is 309 g/mol. The van der Waals surface area contributed by atoms with Crippen molar-refractivity contribution < 1.29 is 18.7 Å². The number of hydrogen-bond acceptors (Lipinski definition) is 4. The van der Waals surface area contributed by atoms with Crippen molar-refractivity contribution >= 4 is 16.9 Å². The Kier molecular flexibility index (Phi) is 5.23. The first-order valence-corrected chi connectivity index (χ1v) is 8.04. The van der Waals surface area contributed by atoms with E-state index in [4.69, 9.17) is 9.47 Å². The molecule has 0 saturated heterocycles. The summed E-state index contributed by atoms with van der Waals surface area (Å²) in [7, 11) is 0. The number of benzene rings is 1. The van der Waals surface area contributed by atoms with Crippen LogP contribution >= 0.6 is 0 Å². The third kappa shape index (κ3) is 3.73. The van der Waals surface area contributed by atoms with Gasteiger partial charge in [-0.05, 0) is 43.9 Å². The van der Waals surface area contributed by atoms with Crippen LogP contribution in [0.25, 0.3) is 10.9 Å². The predicted molar refractivity (Wildman–Crippen MR) is 92.0 cm³/mol. The van der Waals surface area contributed by atoms with Crippen LogP contribution in [0.5, 0.6) is 5.75 Å². The monoisotopic (exact) mass is 333 g/mol. The van der Waals surface area contributed by atoms with E-state index in [-0.39, 0.29) is 17.5 Å². The number of halogens is 1. The third-order valence-corrected chi connectivity index (χ3v) is 3.98. The van der Waals surface area contributed by atoms with E-state index in [2.05, 4.69) is 4.98 Å². The first-order chi connectivity index (χ1) is 11.1. The molecule has 0 fully saturated rings. The lowest BCUT2D eigenvalue weighted by Crippen LogP contribution is -2.17. The van der Waals surface area contributed by atoms with Crippen molar-refractivity contribution in [2.45, 2.75) is 47.0 Å². The summed E-state index contributed by atoms with van der Waals surface area (Å²) in [6, 6.07) is 3.34. The first-order valence-electron chi connectivity index (χ1n) is 8.04. The topological polar surface area (TPSA) is 48.4 Å². The second kappa shape index (κ2) is 6.85. The summed E-state index contributed by atoms with van der Waals surface area (Å²) >= 11 is 0. The number of aryl methyl sites for hydroxylation is 1. The van der Waals surface area contributed by atoms with Crippen LogP contribution in [-0.4, -0.2) is 24.2 Å². The van der Waals surface area contributed by atoms with Gasteiger partial charge in [-0.1, -0.05) is 20.8 Å². The van der Waals surface area contributed by atoms with E-state index in [1.165, 1.54) is 6.07 Å². The van der Waals surface area contributed by atoms with Crippen molar-refractivity contribution in [3.8, 4) is 5.75 Å². The molecular formula is C19H24FNO3. The quantitative estimate of drug-likeness (QED) is 0.786. The molecule has 0 unspecified atom stereocenters. The molecule has 1 aromatic heterocycles. The maximum Gasteiger partial charge on any atom is 0.337 e. The average Bonchev–Trinajstić information content (AvgIpc) is 2.49. The van der Waals surface area contributed by atoms with Crippen molar-refractivity contribution in [3.05, 3.63) is 34.8 Å². The Morgan fingerprint density at radius 2 is 1.92 bits per heavy atom. The van der Waals surface area contributed by atoms with Crippen LogP contribution in [0.15, 0.2) is 12.1 Å². The molecule has 0 N–H and O–H groups in total. The molecule has 130 valence electrons. The van der Waals surface area contributed by atoms with Crippen LogP contribution in [0.1, 0.15) is 44.5 Å². The van der Waals surface area contributed by atoms with Gasteiger partial charge < -0.3 is 9.47 Å². The maximum absolute atomic E-state index is 14.6. The van der Waals surface area contributed by atoms with Gasteiger partial charge in [0, 0.05) is 23.3 Å². The summed E-state index contributed by atoms with van der Waals surface area (Å²) in [5.41, 5.74) is 2.15. The van der Waals surface area contributed by atoms with Gasteiger partial charge >= 0.3 is 5.97 Å². The fraction of sp³-hybridized carbons (Fsp3) is 0.474. The van der Waals surface area contributed by atoms with Gasteiger partial charge in [-0.15, -0.1) is 0 Å². The van der Waals surface area contributed by atoms with Crippen molar-refractivity contribution in [1.29, 1.82) is 0 Å². The molecule has 24 heavy (non-hydrogen) atoms. The third-order valence-electron chi connectivity index (χ3n) is 3.98. The van der Waals surface area contributed by atoms with Gasteiger partial charge in [-0.25, -0.2) is 14.2 Å². The molecule has 0 bridgehead atoms. The molecule has 0 atom stereocenters. The SMILES string of the molecule is CCOCC(=O)Oc1c(C)c(C)nc2c(F)cc(C(C)(C)C)cc12. The summed E-state index contributed by atoms with van der Waals surface area (Å²) in [4.78, 5) is 16.3. The van der Waals surface area contributed by atoms with Crippen molar-refractivity contribution in [1.82, 2.24) is 4.98 Å². The molecule has 0 amide bonds. The number of ether oxygens (including phenoxy) is 2. The number of fused-ring (bicyclic) bond motifs is 1. The van der Waals surface area contributed by atoms with E-state index < -0.39 is 11.8 Å². The Bertz CT molecular complexity index is 779. The highest BCUT2D eigenvalue weighted by Crippen LogP contribution is 2.35. The lowest BCUT2D eigenvalue weighted by atomic mass is 9.86. The number of esters is 1. The number of aromatic nitrogens is 1. The van der Waals surface area contributed by atoms with Crippen LogP contribution in [0.2, 0.25) is 0 Å². The van der Waals surface area contributed by atoms with Gasteiger partial charge in [0.05, 0.1) is 0 Å². The zero-order chi connectivity index (χ0) is 18.1. The number of carbonyl (C=O) groups excluding carboxylic acids is 1. The molecule has 0 radical (unpaired) electrons. The summed E-state index contributed by atoms with van der Waals surface area (Å²) in [5, 5.41) is 0.507. The largest absolute Gasteiger partial charge is 0.424 e. The molecule has 4 nitrogen and oxygen atoms in total. The Labute approximate surface area is 142 Å². The molecule has 0 spiro atoms. The highest BCUT2D eigenvalue weighted by atomic mass is 19.1. The van der Waals surface area contributed by atoms with Gasteiger partial charge in [-0.2, -0.15) is 0 Å². The lowest BCUT2D eigenvalue weighted by molar-refractivity contribution is -0.139. The van der Waals surface area contributed by atoms with Gasteiger partial charge in [0.1, 0.15) is 23.7 Å². The second-order valence-corrected chi connectivity index (χ2v) is 6.87. The minimum absolute atomic E-state index is 0.139. The van der Waals surface area contributed by atoms with Crippen LogP contribution in [0.4, 0.5) is 4.39 Å². The van der Waals surface area contributed by atoms with Crippen molar-refractivity contribution in [2.75, 3.05) is 13.2 Å². The van der Waals surface area contributed by atoms with Gasteiger partial charge in [0.2, 0.25) is 0 Å². The number of pyridine rings is 1. The van der Waals surface area contributed by atoms with Gasteiger partial charge in [0.15, 0.2) is 0 Å². The van der Waals surface area contributed by atoms with E-state index in [0.717, 1.165) is 11.1 Å². The average molecular weight is 333 g/mol. The highest BCUT2D eigenvalue weighted by molar-refractivity contribution is 5.90. The molecule has 1 heterocycles. The maximum atomic E-state index is 14.6. The number of rotatable bonds is 4. The smallest absolute Gasteiger partial charge is 0.337 e. The first kappa shape index (κ1) is 18.3. The molecule has 2 aromatic rings. The molecule has 2 rings (SSSR count).